The summed E-state index contributed by atoms with van der Waals surface area (Å²) in [6.45, 7) is 3.24. The number of nitrogens with one attached hydrogen (secondary N) is 2. The molecular formula is C14H17N5O5. The number of aryl methyl sites for hydroxylation is 2. The Balaban J connectivity index is 2.46. The molecule has 2 aromatic rings. The van der Waals surface area contributed by atoms with Crippen LogP contribution in [0.15, 0.2) is 15.7 Å². The Labute approximate surface area is 135 Å². The first-order valence-corrected chi connectivity index (χ1v) is 6.97. The van der Waals surface area contributed by atoms with Gasteiger partial charge in [-0.1, -0.05) is 0 Å². The molecule has 0 radical (unpaired) electrons. The summed E-state index contributed by atoms with van der Waals surface area (Å²) < 4.78 is 1.82. The molecule has 0 saturated heterocycles. The van der Waals surface area contributed by atoms with Crippen LogP contribution in [0.25, 0.3) is 0 Å². The number of hydrogen-bond acceptors (Lipinski definition) is 5. The van der Waals surface area contributed by atoms with Crippen LogP contribution < -0.4 is 16.6 Å². The molecule has 2 heterocycles. The van der Waals surface area contributed by atoms with Crippen LogP contribution in [-0.4, -0.2) is 36.3 Å². The minimum atomic E-state index is -1.37. The molecule has 3 N–H and O–H groups in total. The van der Waals surface area contributed by atoms with Gasteiger partial charge in [-0.25, -0.2) is 9.59 Å². The second-order valence-electron chi connectivity index (χ2n) is 5.36. The van der Waals surface area contributed by atoms with Gasteiger partial charge in [0, 0.05) is 31.4 Å². The van der Waals surface area contributed by atoms with E-state index in [1.165, 1.54) is 14.1 Å². The normalized spacial score (nSPS) is 12.0. The van der Waals surface area contributed by atoms with Gasteiger partial charge in [0.25, 0.3) is 11.5 Å². The minimum Gasteiger partial charge on any atom is -0.479 e. The molecule has 2 rings (SSSR count). The van der Waals surface area contributed by atoms with E-state index in [0.29, 0.717) is 17.0 Å². The van der Waals surface area contributed by atoms with Crippen LogP contribution in [-0.2, 0) is 18.9 Å². The Morgan fingerprint density at radius 2 is 1.88 bits per heavy atom. The molecule has 10 nitrogen and oxygen atoms in total. The number of nitrogens with zero attached hydrogens (tertiary/aromatic N) is 3. The number of rotatable bonds is 4. The molecule has 0 saturated carbocycles. The summed E-state index contributed by atoms with van der Waals surface area (Å²) in [4.78, 5) is 47.6. The van der Waals surface area contributed by atoms with Gasteiger partial charge in [-0.15, -0.1) is 0 Å². The number of carboxylic acid groups (broad SMARTS) is 1. The third-order valence-corrected chi connectivity index (χ3v) is 3.75. The Morgan fingerprint density at radius 3 is 2.38 bits per heavy atom. The lowest BCUT2D eigenvalue weighted by Gasteiger charge is -2.16. The second-order valence-corrected chi connectivity index (χ2v) is 5.36. The molecule has 0 spiro atoms. The van der Waals surface area contributed by atoms with E-state index in [1.807, 2.05) is 0 Å². The van der Waals surface area contributed by atoms with Crippen molar-refractivity contribution in [2.45, 2.75) is 19.9 Å². The maximum Gasteiger partial charge on any atom is 0.331 e. The summed E-state index contributed by atoms with van der Waals surface area (Å²) in [5.41, 5.74) is -0.324. The molecule has 0 aliphatic heterocycles. The van der Waals surface area contributed by atoms with Gasteiger partial charge in [0.2, 0.25) is 0 Å². The van der Waals surface area contributed by atoms with E-state index in [2.05, 4.69) is 15.5 Å². The molecule has 10 heteroatoms. The van der Waals surface area contributed by atoms with E-state index in [-0.39, 0.29) is 5.69 Å². The molecule has 24 heavy (non-hydrogen) atoms. The number of aromatic nitrogens is 4. The average Bonchev–Trinajstić information content (AvgIpc) is 2.85. The van der Waals surface area contributed by atoms with Gasteiger partial charge in [0.1, 0.15) is 5.69 Å². The van der Waals surface area contributed by atoms with Crippen molar-refractivity contribution in [2.75, 3.05) is 0 Å². The maximum atomic E-state index is 12.4. The van der Waals surface area contributed by atoms with E-state index < -0.39 is 29.2 Å². The molecule has 0 bridgehead atoms. The second kappa shape index (κ2) is 6.14. The number of hydrogen-bond donors (Lipinski definition) is 3. The van der Waals surface area contributed by atoms with Gasteiger partial charge < -0.3 is 10.4 Å². The number of carbonyl (C=O) groups excluding carboxylic acids is 1. The topological polar surface area (TPSA) is 139 Å². The predicted octanol–water partition coefficient (Wildman–Crippen LogP) is -1.02. The van der Waals surface area contributed by atoms with Crippen molar-refractivity contribution in [1.29, 1.82) is 0 Å². The summed E-state index contributed by atoms with van der Waals surface area (Å²) in [6.07, 6.45) is 0. The zero-order chi connectivity index (χ0) is 18.2. The van der Waals surface area contributed by atoms with Gasteiger partial charge in [-0.3, -0.25) is 23.8 Å². The lowest BCUT2D eigenvalue weighted by Crippen LogP contribution is -2.42. The number of carboxylic acids is 1. The van der Waals surface area contributed by atoms with Crippen LogP contribution in [0.3, 0.4) is 0 Å². The molecule has 0 unspecified atom stereocenters. The first kappa shape index (κ1) is 17.2. The molecule has 2 aromatic heterocycles. The standard InChI is InChI=1S/C14H17N5O5/c1-6-10(7(2)17-16-6)11(13(22)23)15-12(21)8-5-9(20)19(4)14(24)18(8)3/h5,11H,1-4H3,(H,15,21)(H,16,17)(H,22,23)/t11-/m1/s1. The van der Waals surface area contributed by atoms with E-state index in [1.54, 1.807) is 13.8 Å². The zero-order valence-corrected chi connectivity index (χ0v) is 13.6. The summed E-state index contributed by atoms with van der Waals surface area (Å²) >= 11 is 0. The number of carbonyl (C=O) groups is 2. The fourth-order valence-electron chi connectivity index (χ4n) is 2.40. The van der Waals surface area contributed by atoms with Crippen LogP contribution in [0, 0.1) is 13.8 Å². The first-order valence-electron chi connectivity index (χ1n) is 6.97. The summed E-state index contributed by atoms with van der Waals surface area (Å²) in [5.74, 6) is -2.13. The van der Waals surface area contributed by atoms with Gasteiger partial charge in [-0.2, -0.15) is 5.10 Å². The van der Waals surface area contributed by atoms with Crippen LogP contribution in [0.2, 0.25) is 0 Å². The van der Waals surface area contributed by atoms with Gasteiger partial charge in [0.15, 0.2) is 6.04 Å². The SMILES string of the molecule is Cc1n[nH]c(C)c1[C@@H](NC(=O)c1cc(=O)n(C)c(=O)n1C)C(=O)O. The zero-order valence-electron chi connectivity index (χ0n) is 13.6. The maximum absolute atomic E-state index is 12.4. The molecule has 1 atom stereocenters. The quantitative estimate of drug-likeness (QED) is 0.653. The Morgan fingerprint density at radius 1 is 1.25 bits per heavy atom. The highest BCUT2D eigenvalue weighted by Crippen LogP contribution is 2.20. The van der Waals surface area contributed by atoms with E-state index in [9.17, 15) is 24.3 Å². The molecule has 0 fully saturated rings. The Bertz CT molecular complexity index is 917. The van der Waals surface area contributed by atoms with Crippen molar-refractivity contribution < 1.29 is 14.7 Å². The predicted molar refractivity (Wildman–Crippen MR) is 82.8 cm³/mol. The van der Waals surface area contributed by atoms with Crippen LogP contribution in [0.5, 0.6) is 0 Å². The van der Waals surface area contributed by atoms with Crippen molar-refractivity contribution in [3.05, 3.63) is 49.5 Å². The van der Waals surface area contributed by atoms with Crippen LogP contribution in [0.4, 0.5) is 0 Å². The minimum absolute atomic E-state index is 0.229. The smallest absolute Gasteiger partial charge is 0.331 e. The van der Waals surface area contributed by atoms with Gasteiger partial charge >= 0.3 is 11.7 Å². The van der Waals surface area contributed by atoms with E-state index in [0.717, 1.165) is 15.2 Å². The number of amides is 1. The van der Waals surface area contributed by atoms with Crippen LogP contribution in [0.1, 0.15) is 33.5 Å². The van der Waals surface area contributed by atoms with E-state index in [4.69, 9.17) is 0 Å². The molecular weight excluding hydrogens is 318 g/mol. The fraction of sp³-hybridized carbons (Fsp3) is 0.357. The highest BCUT2D eigenvalue weighted by Gasteiger charge is 2.28. The lowest BCUT2D eigenvalue weighted by atomic mass is 10.0. The average molecular weight is 335 g/mol. The number of aliphatic carboxylic acids is 1. The molecule has 0 aliphatic rings. The fourth-order valence-corrected chi connectivity index (χ4v) is 2.40. The monoisotopic (exact) mass is 335 g/mol. The van der Waals surface area contributed by atoms with Crippen LogP contribution >= 0.6 is 0 Å². The Hall–Kier alpha value is -3.17. The number of H-pyrrole nitrogens is 1. The van der Waals surface area contributed by atoms with Crippen molar-refractivity contribution in [3.8, 4) is 0 Å². The molecule has 1 amide bonds. The summed E-state index contributed by atoms with van der Waals surface area (Å²) in [7, 11) is 2.60. The van der Waals surface area contributed by atoms with E-state index >= 15 is 0 Å². The first-order chi connectivity index (χ1) is 11.1. The largest absolute Gasteiger partial charge is 0.479 e. The highest BCUT2D eigenvalue weighted by atomic mass is 16.4. The van der Waals surface area contributed by atoms with Crippen molar-refractivity contribution >= 4 is 11.9 Å². The molecule has 128 valence electrons. The van der Waals surface area contributed by atoms with Crippen molar-refractivity contribution in [2.24, 2.45) is 14.1 Å². The molecule has 0 aromatic carbocycles. The molecule has 0 aliphatic carbocycles. The van der Waals surface area contributed by atoms with Crippen molar-refractivity contribution in [1.82, 2.24) is 24.6 Å². The van der Waals surface area contributed by atoms with Gasteiger partial charge in [-0.05, 0) is 13.8 Å². The third kappa shape index (κ3) is 2.85. The highest BCUT2D eigenvalue weighted by molar-refractivity contribution is 5.95. The summed E-state index contributed by atoms with van der Waals surface area (Å²) in [6, 6.07) is -0.388. The lowest BCUT2D eigenvalue weighted by molar-refractivity contribution is -0.139. The Kier molecular flexibility index (Phi) is 4.40. The summed E-state index contributed by atoms with van der Waals surface area (Å²) in [5, 5.41) is 18.3. The van der Waals surface area contributed by atoms with Gasteiger partial charge in [0.05, 0.1) is 5.69 Å². The number of aromatic amines is 1. The van der Waals surface area contributed by atoms with Crippen molar-refractivity contribution in [3.63, 3.8) is 0 Å². The third-order valence-electron chi connectivity index (χ3n) is 3.75.